The Hall–Kier alpha value is 1.06. The van der Waals surface area contributed by atoms with Crippen molar-refractivity contribution in [2.75, 3.05) is 6.54 Å². The molecule has 0 radical (unpaired) electrons. The minimum absolute atomic E-state index is 0.0961. The van der Waals surface area contributed by atoms with Gasteiger partial charge in [0.05, 0.1) is 5.37 Å². The van der Waals surface area contributed by atoms with Crippen molar-refractivity contribution in [1.82, 2.24) is 4.31 Å². The lowest BCUT2D eigenvalue weighted by molar-refractivity contribution is 0.422. The molecule has 0 aliphatic heterocycles. The summed E-state index contributed by atoms with van der Waals surface area (Å²) in [6.07, 6.45) is 2.80. The maximum Gasteiger partial charge on any atom is 0.195 e. The standard InChI is InChI=1S/C8H11Cl4NO2S2/c1-3-5-13(17(14)15)6(4-2)16-8(11,12)7(9)10/h3-4,6-7H,1-2,5H2,(H,14,15)/p-1. The van der Waals surface area contributed by atoms with Gasteiger partial charge in [0.1, 0.15) is 4.84 Å². The van der Waals surface area contributed by atoms with E-state index in [1.54, 1.807) is 0 Å². The van der Waals surface area contributed by atoms with Gasteiger partial charge in [-0.05, 0) is 0 Å². The molecule has 0 N–H and O–H groups in total. The molecule has 3 nitrogen and oxygen atoms in total. The van der Waals surface area contributed by atoms with Gasteiger partial charge in [-0.2, -0.15) is 0 Å². The Morgan fingerprint density at radius 2 is 2.00 bits per heavy atom. The summed E-state index contributed by atoms with van der Waals surface area (Å²) in [5.74, 6) is 0. The van der Waals surface area contributed by atoms with Gasteiger partial charge in [0.2, 0.25) is 0 Å². The SMILES string of the molecule is C=CCN(C(C=C)SC(Cl)(Cl)C(Cl)Cl)S(=O)[O-]. The van der Waals surface area contributed by atoms with Gasteiger partial charge in [-0.3, -0.25) is 4.21 Å². The maximum atomic E-state index is 11.0. The van der Waals surface area contributed by atoms with E-state index in [-0.39, 0.29) is 6.54 Å². The number of hydrogen-bond donors (Lipinski definition) is 0. The van der Waals surface area contributed by atoms with Crippen molar-refractivity contribution in [3.63, 3.8) is 0 Å². The molecule has 0 aliphatic carbocycles. The van der Waals surface area contributed by atoms with Crippen molar-refractivity contribution in [3.8, 4) is 0 Å². The molecule has 0 aromatic carbocycles. The first kappa shape index (κ1) is 18.1. The Bertz CT molecular complexity index is 301. The average Bonchev–Trinajstić information content (AvgIpc) is 2.22. The van der Waals surface area contributed by atoms with Crippen molar-refractivity contribution in [1.29, 1.82) is 0 Å². The summed E-state index contributed by atoms with van der Waals surface area (Å²) < 4.78 is 21.5. The molecule has 0 aromatic heterocycles. The predicted molar refractivity (Wildman–Crippen MR) is 77.3 cm³/mol. The van der Waals surface area contributed by atoms with E-state index in [1.165, 1.54) is 12.2 Å². The highest BCUT2D eigenvalue weighted by Crippen LogP contribution is 2.45. The molecule has 2 atom stereocenters. The van der Waals surface area contributed by atoms with Gasteiger partial charge in [-0.1, -0.05) is 47.1 Å². The van der Waals surface area contributed by atoms with Crippen molar-refractivity contribution in [2.45, 2.75) is 13.9 Å². The fourth-order valence-corrected chi connectivity index (χ4v) is 3.22. The fraction of sp³-hybridized carbons (Fsp3) is 0.500. The molecular weight excluding hydrogens is 348 g/mol. The Balaban J connectivity index is 4.86. The number of rotatable bonds is 8. The highest BCUT2D eigenvalue weighted by atomic mass is 35.5. The molecule has 0 aromatic rings. The van der Waals surface area contributed by atoms with E-state index in [9.17, 15) is 8.76 Å². The average molecular weight is 358 g/mol. The zero-order valence-corrected chi connectivity index (χ0v) is 13.2. The molecule has 100 valence electrons. The molecule has 0 heterocycles. The summed E-state index contributed by atoms with van der Waals surface area (Å²) in [5.41, 5.74) is 0. The van der Waals surface area contributed by atoms with Gasteiger partial charge in [0.15, 0.2) is 3.67 Å². The van der Waals surface area contributed by atoms with Crippen molar-refractivity contribution < 1.29 is 8.76 Å². The summed E-state index contributed by atoms with van der Waals surface area (Å²) in [4.78, 5) is -1.08. The maximum absolute atomic E-state index is 11.0. The van der Waals surface area contributed by atoms with Crippen molar-refractivity contribution in [3.05, 3.63) is 25.3 Å². The monoisotopic (exact) mass is 356 g/mol. The fourth-order valence-electron chi connectivity index (χ4n) is 0.814. The van der Waals surface area contributed by atoms with Crippen LogP contribution in [0.2, 0.25) is 0 Å². The van der Waals surface area contributed by atoms with Crippen molar-refractivity contribution >= 4 is 69.4 Å². The van der Waals surface area contributed by atoms with Gasteiger partial charge < -0.3 is 4.55 Å². The van der Waals surface area contributed by atoms with Crippen molar-refractivity contribution in [2.24, 2.45) is 0 Å². The van der Waals surface area contributed by atoms with Gasteiger partial charge in [-0.15, -0.1) is 36.4 Å². The second-order valence-electron chi connectivity index (χ2n) is 2.71. The van der Waals surface area contributed by atoms with E-state index in [1.807, 2.05) is 0 Å². The normalized spacial score (nSPS) is 15.9. The number of hydrogen-bond acceptors (Lipinski definition) is 3. The number of alkyl halides is 4. The Labute approximate surface area is 128 Å². The zero-order chi connectivity index (χ0) is 13.6. The van der Waals surface area contributed by atoms with Crippen LogP contribution in [0.4, 0.5) is 0 Å². The third-order valence-electron chi connectivity index (χ3n) is 1.52. The van der Waals surface area contributed by atoms with Crippen LogP contribution in [0.25, 0.3) is 0 Å². The van der Waals surface area contributed by atoms with E-state index in [0.29, 0.717) is 0 Å². The van der Waals surface area contributed by atoms with Crippen LogP contribution in [-0.2, 0) is 11.3 Å². The third kappa shape index (κ3) is 6.16. The van der Waals surface area contributed by atoms with Gasteiger partial charge >= 0.3 is 0 Å². The molecule has 0 saturated carbocycles. The molecule has 0 spiro atoms. The zero-order valence-electron chi connectivity index (χ0n) is 8.52. The highest BCUT2D eigenvalue weighted by molar-refractivity contribution is 8.04. The third-order valence-corrected chi connectivity index (χ3v) is 5.98. The molecule has 17 heavy (non-hydrogen) atoms. The Morgan fingerprint density at radius 1 is 1.47 bits per heavy atom. The number of nitrogens with zero attached hydrogens (tertiary/aromatic N) is 1. The molecule has 0 aliphatic rings. The van der Waals surface area contributed by atoms with Crippen LogP contribution in [0.1, 0.15) is 0 Å². The van der Waals surface area contributed by atoms with Crippen LogP contribution < -0.4 is 0 Å². The van der Waals surface area contributed by atoms with Gasteiger partial charge in [0, 0.05) is 17.8 Å². The summed E-state index contributed by atoms with van der Waals surface area (Å²) in [6.45, 7) is 7.07. The van der Waals surface area contributed by atoms with Gasteiger partial charge in [-0.25, -0.2) is 4.31 Å². The molecule has 0 rings (SSSR count). The van der Waals surface area contributed by atoms with Crippen LogP contribution in [0.5, 0.6) is 0 Å². The summed E-state index contributed by atoms with van der Waals surface area (Å²) >= 11 is 21.3. The van der Waals surface area contributed by atoms with Crippen LogP contribution in [0.3, 0.4) is 0 Å². The molecule has 0 amide bonds. The van der Waals surface area contributed by atoms with Crippen LogP contribution in [0.15, 0.2) is 25.3 Å². The van der Waals surface area contributed by atoms with Gasteiger partial charge in [0.25, 0.3) is 0 Å². The summed E-state index contributed by atoms with van der Waals surface area (Å²) in [7, 11) is 0. The quantitative estimate of drug-likeness (QED) is 0.289. The predicted octanol–water partition coefficient (Wildman–Crippen LogP) is 3.45. The van der Waals surface area contributed by atoms with E-state index >= 15 is 0 Å². The summed E-state index contributed by atoms with van der Waals surface area (Å²) in [6, 6.07) is 0. The number of thioether (sulfide) groups is 1. The molecule has 0 fully saturated rings. The minimum atomic E-state index is -2.46. The summed E-state index contributed by atoms with van der Waals surface area (Å²) in [5, 5.41) is -0.693. The first-order valence-corrected chi connectivity index (χ1v) is 7.73. The number of halogens is 4. The van der Waals surface area contributed by atoms with Crippen LogP contribution in [0, 0.1) is 0 Å². The molecule has 0 saturated heterocycles. The molecule has 9 heteroatoms. The lowest BCUT2D eigenvalue weighted by atomic mass is 10.5. The van der Waals surface area contributed by atoms with Crippen LogP contribution >= 0.6 is 58.2 Å². The lowest BCUT2D eigenvalue weighted by Crippen LogP contribution is -2.36. The second-order valence-corrected chi connectivity index (χ2v) is 7.91. The molecule has 0 bridgehead atoms. The first-order chi connectivity index (χ1) is 7.76. The van der Waals surface area contributed by atoms with E-state index in [0.717, 1.165) is 16.1 Å². The Kier molecular flexibility index (Phi) is 8.79. The Morgan fingerprint density at radius 3 is 2.29 bits per heavy atom. The molecular formula is C8H10Cl4NO2S2-. The highest BCUT2D eigenvalue weighted by Gasteiger charge is 2.37. The first-order valence-electron chi connectivity index (χ1n) is 4.19. The topological polar surface area (TPSA) is 43.4 Å². The van der Waals surface area contributed by atoms with Crippen LogP contribution in [-0.4, -0.2) is 33.5 Å². The second kappa shape index (κ2) is 8.27. The minimum Gasteiger partial charge on any atom is -0.760 e. The largest absolute Gasteiger partial charge is 0.760 e. The smallest absolute Gasteiger partial charge is 0.195 e. The van der Waals surface area contributed by atoms with E-state index in [4.69, 9.17) is 46.4 Å². The van der Waals surface area contributed by atoms with E-state index < -0.39 is 25.1 Å². The lowest BCUT2D eigenvalue weighted by Gasteiger charge is -2.33. The van der Waals surface area contributed by atoms with E-state index in [2.05, 4.69) is 13.2 Å². The molecule has 2 unspecified atom stereocenters.